The zero-order chi connectivity index (χ0) is 37.2. The smallest absolute Gasteiger partial charge is 0.326 e. The van der Waals surface area contributed by atoms with Gasteiger partial charge < -0.3 is 42.7 Å². The van der Waals surface area contributed by atoms with Crippen molar-refractivity contribution in [2.75, 3.05) is 13.1 Å². The number of guanidine groups is 1. The van der Waals surface area contributed by atoms with Gasteiger partial charge in [-0.15, -0.1) is 0 Å². The summed E-state index contributed by atoms with van der Waals surface area (Å²) in [5.74, 6) is -2.77. The van der Waals surface area contributed by atoms with Gasteiger partial charge in [-0.1, -0.05) is 67.4 Å². The maximum atomic E-state index is 15.0. The highest BCUT2D eigenvalue weighted by atomic mass is 16.4. The van der Waals surface area contributed by atoms with E-state index in [1.165, 1.54) is 0 Å². The van der Waals surface area contributed by atoms with E-state index in [1.807, 2.05) is 54.6 Å². The van der Waals surface area contributed by atoms with E-state index in [0.29, 0.717) is 32.2 Å². The number of rotatable bonds is 15. The number of likely N-dealkylation sites (tertiary alicyclic amines) is 1. The second kappa shape index (κ2) is 18.0. The van der Waals surface area contributed by atoms with Crippen LogP contribution in [0.4, 0.5) is 0 Å². The number of carbonyl (C=O) groups excluding carboxylic acids is 4. The third-order valence-corrected chi connectivity index (χ3v) is 10.5. The zero-order valence-corrected chi connectivity index (χ0v) is 29.6. The summed E-state index contributed by atoms with van der Waals surface area (Å²) in [5.41, 5.74) is 19.1. The molecule has 1 saturated heterocycles. The lowest BCUT2D eigenvalue weighted by atomic mass is 9.84. The van der Waals surface area contributed by atoms with Gasteiger partial charge in [0.1, 0.15) is 24.2 Å². The summed E-state index contributed by atoms with van der Waals surface area (Å²) >= 11 is 0. The number of hydrogen-bond acceptors (Lipinski definition) is 7. The lowest BCUT2D eigenvalue weighted by molar-refractivity contribution is -0.153. The van der Waals surface area contributed by atoms with Crippen molar-refractivity contribution in [3.63, 3.8) is 0 Å². The van der Waals surface area contributed by atoms with Crippen molar-refractivity contribution in [3.8, 4) is 0 Å². The molecule has 2 heterocycles. The fraction of sp³-hybridized carbons (Fsp3) is 0.526. The van der Waals surface area contributed by atoms with Gasteiger partial charge in [-0.25, -0.2) is 4.79 Å². The number of benzene rings is 2. The molecule has 0 spiro atoms. The quantitative estimate of drug-likeness (QED) is 0.0883. The first-order valence-electron chi connectivity index (χ1n) is 18.4. The van der Waals surface area contributed by atoms with Crippen LogP contribution in [0.25, 0.3) is 0 Å². The number of carboxylic acid groups (broad SMARTS) is 1. The van der Waals surface area contributed by atoms with Crippen molar-refractivity contribution >= 4 is 35.6 Å². The highest BCUT2D eigenvalue weighted by molar-refractivity contribution is 5.96. The van der Waals surface area contributed by atoms with Crippen LogP contribution >= 0.6 is 0 Å². The first kappa shape index (κ1) is 38.3. The van der Waals surface area contributed by atoms with Crippen LogP contribution in [-0.4, -0.2) is 93.8 Å². The van der Waals surface area contributed by atoms with E-state index in [9.17, 15) is 24.3 Å². The minimum Gasteiger partial charge on any atom is -0.480 e. The Balaban J connectivity index is 1.45. The standard InChI is InChI=1S/C38H52N8O6/c39-18-8-17-33(47)43-29(20-24-10-2-1-3-11-24)35(49)45-23-27-14-5-4-12-25(27)21-32(45)36(50)46-30-16-7-6-13-26(30)22-31(46)34(48)44-28(37(51)52)15-9-19-42-38(40)41/h1-5,10-12,14,26,28-32H,6-9,13,15-23,39H2,(H,43,47)(H,44,48)(H,51,52)(H4,40,41,42)/t26?,28-,29-,30?,31-,32-/m0/s1. The average molecular weight is 717 g/mol. The Hall–Kier alpha value is -4.98. The lowest BCUT2D eigenvalue weighted by Crippen LogP contribution is -2.61. The summed E-state index contributed by atoms with van der Waals surface area (Å²) < 4.78 is 0. The van der Waals surface area contributed by atoms with Gasteiger partial charge in [0, 0.05) is 38.4 Å². The normalized spacial score (nSPS) is 21.9. The van der Waals surface area contributed by atoms with Gasteiger partial charge in [-0.05, 0) is 67.7 Å². The average Bonchev–Trinajstić information content (AvgIpc) is 3.54. The molecule has 1 saturated carbocycles. The number of aliphatic imine (C=N–C) groups is 1. The van der Waals surface area contributed by atoms with Crippen molar-refractivity contribution in [2.24, 2.45) is 28.1 Å². The van der Waals surface area contributed by atoms with Crippen LogP contribution in [0.5, 0.6) is 0 Å². The molecule has 2 aliphatic heterocycles. The number of hydrogen-bond donors (Lipinski definition) is 6. The molecule has 0 radical (unpaired) electrons. The van der Waals surface area contributed by atoms with Crippen LogP contribution in [0.15, 0.2) is 59.6 Å². The number of fused-ring (bicyclic) bond motifs is 2. The number of carbonyl (C=O) groups is 5. The minimum atomic E-state index is -1.19. The number of aliphatic carboxylic acids is 1. The second-order valence-electron chi connectivity index (χ2n) is 14.1. The van der Waals surface area contributed by atoms with E-state index in [1.54, 1.807) is 9.80 Å². The van der Waals surface area contributed by atoms with Crippen LogP contribution < -0.4 is 27.8 Å². The highest BCUT2D eigenvalue weighted by Gasteiger charge is 2.51. The first-order valence-corrected chi connectivity index (χ1v) is 18.4. The minimum absolute atomic E-state index is 0.0753. The molecule has 2 unspecified atom stereocenters. The Labute approximate surface area is 304 Å². The number of nitrogens with zero attached hydrogens (tertiary/aromatic N) is 3. The van der Waals surface area contributed by atoms with E-state index in [2.05, 4.69) is 15.6 Å². The van der Waals surface area contributed by atoms with Crippen molar-refractivity contribution in [1.29, 1.82) is 0 Å². The SMILES string of the molecule is NCCCC(=O)N[C@@H](Cc1ccccc1)C(=O)N1Cc2ccccc2C[C@H]1C(=O)N1C2CCCCC2C[C@H]1C(=O)N[C@@H](CCCN=C(N)N)C(=O)O. The molecular weight excluding hydrogens is 664 g/mol. The third kappa shape index (κ3) is 9.46. The van der Waals surface area contributed by atoms with Crippen molar-refractivity contribution in [1.82, 2.24) is 20.4 Å². The van der Waals surface area contributed by atoms with E-state index in [0.717, 1.165) is 36.0 Å². The third-order valence-electron chi connectivity index (χ3n) is 10.5. The number of nitrogens with one attached hydrogen (secondary N) is 2. The predicted octanol–water partition coefficient (Wildman–Crippen LogP) is 1.19. The van der Waals surface area contributed by atoms with Gasteiger partial charge in [0.05, 0.1) is 0 Å². The maximum Gasteiger partial charge on any atom is 0.326 e. The molecule has 3 aliphatic rings. The molecule has 0 aromatic heterocycles. The highest BCUT2D eigenvalue weighted by Crippen LogP contribution is 2.41. The van der Waals surface area contributed by atoms with E-state index in [4.69, 9.17) is 17.2 Å². The fourth-order valence-electron chi connectivity index (χ4n) is 7.97. The summed E-state index contributed by atoms with van der Waals surface area (Å²) in [6, 6.07) is 12.9. The largest absolute Gasteiger partial charge is 0.480 e. The van der Waals surface area contributed by atoms with E-state index >= 15 is 4.79 Å². The van der Waals surface area contributed by atoms with Gasteiger partial charge in [-0.2, -0.15) is 0 Å². The molecule has 9 N–H and O–H groups in total. The van der Waals surface area contributed by atoms with Gasteiger partial charge in [0.25, 0.3) is 0 Å². The Morgan fingerprint density at radius 2 is 1.60 bits per heavy atom. The first-order chi connectivity index (χ1) is 25.1. The molecule has 2 fully saturated rings. The second-order valence-corrected chi connectivity index (χ2v) is 14.1. The van der Waals surface area contributed by atoms with Crippen LogP contribution in [0.3, 0.4) is 0 Å². The van der Waals surface area contributed by atoms with Gasteiger partial charge in [0.2, 0.25) is 23.6 Å². The number of nitrogens with two attached hydrogens (primary N) is 3. The number of amides is 4. The number of carboxylic acids is 1. The van der Waals surface area contributed by atoms with E-state index in [-0.39, 0.29) is 74.4 Å². The molecule has 1 aliphatic carbocycles. The summed E-state index contributed by atoms with van der Waals surface area (Å²) in [7, 11) is 0. The molecule has 280 valence electrons. The van der Waals surface area contributed by atoms with Crippen molar-refractivity contribution < 1.29 is 29.1 Å². The molecule has 14 nitrogen and oxygen atoms in total. The Morgan fingerprint density at radius 3 is 2.31 bits per heavy atom. The Kier molecular flexibility index (Phi) is 13.2. The van der Waals surface area contributed by atoms with Crippen LogP contribution in [0.2, 0.25) is 0 Å². The molecule has 14 heteroatoms. The summed E-state index contributed by atoms with van der Waals surface area (Å²) in [6.45, 7) is 0.707. The molecule has 52 heavy (non-hydrogen) atoms. The van der Waals surface area contributed by atoms with Crippen LogP contribution in [0, 0.1) is 5.92 Å². The van der Waals surface area contributed by atoms with E-state index < -0.39 is 36.0 Å². The fourth-order valence-corrected chi connectivity index (χ4v) is 7.97. The molecule has 4 amide bonds. The Morgan fingerprint density at radius 1 is 0.885 bits per heavy atom. The van der Waals surface area contributed by atoms with Crippen molar-refractivity contribution in [3.05, 3.63) is 71.3 Å². The molecule has 2 aromatic carbocycles. The topological polar surface area (TPSA) is 227 Å². The van der Waals surface area contributed by atoms with Gasteiger partial charge in [-0.3, -0.25) is 24.2 Å². The van der Waals surface area contributed by atoms with Crippen molar-refractivity contribution in [2.45, 2.75) is 107 Å². The molecule has 6 atom stereocenters. The monoisotopic (exact) mass is 716 g/mol. The lowest BCUT2D eigenvalue weighted by Gasteiger charge is -2.42. The molecule has 5 rings (SSSR count). The Bertz CT molecular complexity index is 1620. The molecule has 0 bridgehead atoms. The molecular formula is C38H52N8O6. The van der Waals surface area contributed by atoms with Gasteiger partial charge in [0.15, 0.2) is 5.96 Å². The predicted molar refractivity (Wildman–Crippen MR) is 195 cm³/mol. The van der Waals surface area contributed by atoms with Crippen LogP contribution in [-0.2, 0) is 43.4 Å². The summed E-state index contributed by atoms with van der Waals surface area (Å²) in [4.78, 5) is 76.1. The zero-order valence-electron chi connectivity index (χ0n) is 29.6. The van der Waals surface area contributed by atoms with Gasteiger partial charge >= 0.3 is 5.97 Å². The summed E-state index contributed by atoms with van der Waals surface area (Å²) in [6.07, 6.45) is 5.39. The summed E-state index contributed by atoms with van der Waals surface area (Å²) in [5, 5.41) is 15.6. The maximum absolute atomic E-state index is 15.0. The molecule has 2 aromatic rings. The van der Waals surface area contributed by atoms with Crippen LogP contribution in [0.1, 0.15) is 74.5 Å².